The number of anilines is 1. The van der Waals surface area contributed by atoms with Crippen LogP contribution in [0.4, 0.5) is 5.69 Å². The third kappa shape index (κ3) is 3.65. The molecule has 0 unspecified atom stereocenters. The molecule has 0 spiro atoms. The van der Waals surface area contributed by atoms with E-state index in [1.54, 1.807) is 4.90 Å². The van der Waals surface area contributed by atoms with E-state index in [2.05, 4.69) is 11.4 Å². The SMILES string of the molecule is CC(C)NC(=O)CN(C)[C@@H](C)C(=O)N1CCc2ccccc21. The van der Waals surface area contributed by atoms with E-state index in [0.717, 1.165) is 12.1 Å². The van der Waals surface area contributed by atoms with Crippen molar-refractivity contribution in [1.29, 1.82) is 0 Å². The van der Waals surface area contributed by atoms with Gasteiger partial charge in [-0.25, -0.2) is 0 Å². The molecule has 5 nitrogen and oxygen atoms in total. The summed E-state index contributed by atoms with van der Waals surface area (Å²) in [6, 6.07) is 7.78. The van der Waals surface area contributed by atoms with Gasteiger partial charge in [-0.1, -0.05) is 18.2 Å². The number of amides is 2. The van der Waals surface area contributed by atoms with Crippen LogP contribution in [0.15, 0.2) is 24.3 Å². The van der Waals surface area contributed by atoms with E-state index in [0.29, 0.717) is 6.54 Å². The summed E-state index contributed by atoms with van der Waals surface area (Å²) in [7, 11) is 1.81. The Morgan fingerprint density at radius 1 is 1.27 bits per heavy atom. The van der Waals surface area contributed by atoms with Crippen molar-refractivity contribution < 1.29 is 9.59 Å². The van der Waals surface area contributed by atoms with E-state index in [1.807, 2.05) is 50.9 Å². The zero-order valence-corrected chi connectivity index (χ0v) is 13.8. The van der Waals surface area contributed by atoms with E-state index in [-0.39, 0.29) is 30.4 Å². The molecule has 22 heavy (non-hydrogen) atoms. The van der Waals surface area contributed by atoms with Crippen LogP contribution in [0.3, 0.4) is 0 Å². The quantitative estimate of drug-likeness (QED) is 0.895. The Morgan fingerprint density at radius 3 is 2.64 bits per heavy atom. The second-order valence-corrected chi connectivity index (χ2v) is 6.18. The van der Waals surface area contributed by atoms with Crippen LogP contribution in [0, 0.1) is 0 Å². The number of fused-ring (bicyclic) bond motifs is 1. The minimum Gasteiger partial charge on any atom is -0.353 e. The molecule has 5 heteroatoms. The zero-order valence-electron chi connectivity index (χ0n) is 13.8. The molecule has 0 saturated carbocycles. The van der Waals surface area contributed by atoms with Crippen LogP contribution >= 0.6 is 0 Å². The zero-order chi connectivity index (χ0) is 16.3. The lowest BCUT2D eigenvalue weighted by atomic mass is 10.2. The highest BCUT2D eigenvalue weighted by Gasteiger charge is 2.30. The van der Waals surface area contributed by atoms with Crippen molar-refractivity contribution in [3.05, 3.63) is 29.8 Å². The molecule has 1 aliphatic rings. The first kappa shape index (κ1) is 16.5. The Bertz CT molecular complexity index is 557. The third-order valence-electron chi connectivity index (χ3n) is 4.01. The van der Waals surface area contributed by atoms with Crippen molar-refractivity contribution in [2.24, 2.45) is 0 Å². The number of carbonyl (C=O) groups is 2. The molecule has 0 fully saturated rings. The second kappa shape index (κ2) is 6.92. The predicted molar refractivity (Wildman–Crippen MR) is 87.9 cm³/mol. The first-order valence-corrected chi connectivity index (χ1v) is 7.79. The number of hydrogen-bond donors (Lipinski definition) is 1. The van der Waals surface area contributed by atoms with Crippen molar-refractivity contribution in [1.82, 2.24) is 10.2 Å². The van der Waals surface area contributed by atoms with Crippen molar-refractivity contribution in [3.8, 4) is 0 Å². The van der Waals surface area contributed by atoms with E-state index in [4.69, 9.17) is 0 Å². The average Bonchev–Trinajstić information content (AvgIpc) is 2.88. The Balaban J connectivity index is 1.99. The maximum absolute atomic E-state index is 12.7. The van der Waals surface area contributed by atoms with Crippen LogP contribution in [0.2, 0.25) is 0 Å². The minimum atomic E-state index is -0.330. The molecular formula is C17H25N3O2. The van der Waals surface area contributed by atoms with Gasteiger partial charge in [-0.3, -0.25) is 14.5 Å². The van der Waals surface area contributed by atoms with Crippen LogP contribution in [-0.4, -0.2) is 48.9 Å². The monoisotopic (exact) mass is 303 g/mol. The van der Waals surface area contributed by atoms with Crippen molar-refractivity contribution in [3.63, 3.8) is 0 Å². The lowest BCUT2D eigenvalue weighted by Crippen LogP contribution is -2.49. The number of hydrogen-bond acceptors (Lipinski definition) is 3. The topological polar surface area (TPSA) is 52.7 Å². The number of rotatable bonds is 5. The highest BCUT2D eigenvalue weighted by Crippen LogP contribution is 2.28. The lowest BCUT2D eigenvalue weighted by Gasteiger charge is -2.28. The van der Waals surface area contributed by atoms with Crippen LogP contribution in [0.25, 0.3) is 0 Å². The fourth-order valence-corrected chi connectivity index (χ4v) is 2.71. The molecule has 0 saturated heterocycles. The van der Waals surface area contributed by atoms with Gasteiger partial charge < -0.3 is 10.2 Å². The Hall–Kier alpha value is -1.88. The molecule has 0 aliphatic carbocycles. The van der Waals surface area contributed by atoms with Crippen LogP contribution in [0.1, 0.15) is 26.3 Å². The molecule has 0 bridgehead atoms. The Labute approximate surface area is 132 Å². The first-order valence-electron chi connectivity index (χ1n) is 7.79. The molecule has 0 aromatic heterocycles. The maximum Gasteiger partial charge on any atom is 0.244 e. The predicted octanol–water partition coefficient (Wildman–Crippen LogP) is 1.42. The number of nitrogens with zero attached hydrogens (tertiary/aromatic N) is 2. The summed E-state index contributed by atoms with van der Waals surface area (Å²) < 4.78 is 0. The van der Waals surface area contributed by atoms with Crippen LogP contribution in [0.5, 0.6) is 0 Å². The standard InChI is InChI=1S/C17H25N3O2/c1-12(2)18-16(21)11-19(4)13(3)17(22)20-10-9-14-7-5-6-8-15(14)20/h5-8,12-13H,9-11H2,1-4H3,(H,18,21)/t13-/m0/s1. The van der Waals surface area contributed by atoms with E-state index in [1.165, 1.54) is 5.56 Å². The number of nitrogens with one attached hydrogen (secondary N) is 1. The van der Waals surface area contributed by atoms with Gasteiger partial charge in [0.05, 0.1) is 12.6 Å². The smallest absolute Gasteiger partial charge is 0.244 e. The summed E-state index contributed by atoms with van der Waals surface area (Å²) >= 11 is 0. The van der Waals surface area contributed by atoms with Crippen molar-refractivity contribution in [2.45, 2.75) is 39.3 Å². The fraction of sp³-hybridized carbons (Fsp3) is 0.529. The number of carbonyl (C=O) groups excluding carboxylic acids is 2. The largest absolute Gasteiger partial charge is 0.353 e. The third-order valence-corrected chi connectivity index (χ3v) is 4.01. The van der Waals surface area contributed by atoms with Gasteiger partial charge in [0.1, 0.15) is 0 Å². The summed E-state index contributed by atoms with van der Waals surface area (Å²) in [5.41, 5.74) is 2.21. The molecule has 0 radical (unpaired) electrons. The van der Waals surface area contributed by atoms with Gasteiger partial charge in [0.25, 0.3) is 0 Å². The van der Waals surface area contributed by atoms with Gasteiger partial charge in [-0.2, -0.15) is 0 Å². The van der Waals surface area contributed by atoms with Crippen LogP contribution < -0.4 is 10.2 Å². The Morgan fingerprint density at radius 2 is 1.95 bits per heavy atom. The van der Waals surface area contributed by atoms with Crippen molar-refractivity contribution in [2.75, 3.05) is 25.0 Å². The molecular weight excluding hydrogens is 278 g/mol. The molecule has 1 N–H and O–H groups in total. The Kier molecular flexibility index (Phi) is 5.19. The van der Waals surface area contributed by atoms with Gasteiger partial charge in [-0.05, 0) is 45.9 Å². The normalized spacial score (nSPS) is 15.1. The van der Waals surface area contributed by atoms with Crippen LogP contribution in [-0.2, 0) is 16.0 Å². The summed E-state index contributed by atoms with van der Waals surface area (Å²) in [6.45, 7) is 6.64. The molecule has 2 rings (SSSR count). The van der Waals surface area contributed by atoms with Gasteiger partial charge in [0.15, 0.2) is 0 Å². The summed E-state index contributed by atoms with van der Waals surface area (Å²) in [5, 5.41) is 2.85. The number of benzene rings is 1. The number of para-hydroxylation sites is 1. The highest BCUT2D eigenvalue weighted by molar-refractivity contribution is 5.99. The average molecular weight is 303 g/mol. The molecule has 2 amide bonds. The summed E-state index contributed by atoms with van der Waals surface area (Å²) in [5.74, 6) is -0.0104. The van der Waals surface area contributed by atoms with Crippen molar-refractivity contribution >= 4 is 17.5 Å². The minimum absolute atomic E-state index is 0.0461. The van der Waals surface area contributed by atoms with Gasteiger partial charge in [0, 0.05) is 18.3 Å². The molecule has 120 valence electrons. The molecule has 1 heterocycles. The van der Waals surface area contributed by atoms with Gasteiger partial charge in [0.2, 0.25) is 11.8 Å². The molecule has 1 atom stereocenters. The molecule has 1 aliphatic heterocycles. The van der Waals surface area contributed by atoms with E-state index < -0.39 is 0 Å². The van der Waals surface area contributed by atoms with Gasteiger partial charge >= 0.3 is 0 Å². The number of likely N-dealkylation sites (N-methyl/N-ethyl adjacent to an activating group) is 1. The highest BCUT2D eigenvalue weighted by atomic mass is 16.2. The second-order valence-electron chi connectivity index (χ2n) is 6.18. The molecule has 1 aromatic carbocycles. The fourth-order valence-electron chi connectivity index (χ4n) is 2.71. The maximum atomic E-state index is 12.7. The first-order chi connectivity index (χ1) is 10.4. The lowest BCUT2D eigenvalue weighted by molar-refractivity contribution is -0.126. The van der Waals surface area contributed by atoms with E-state index in [9.17, 15) is 9.59 Å². The summed E-state index contributed by atoms with van der Waals surface area (Å²) in [4.78, 5) is 28.2. The van der Waals surface area contributed by atoms with E-state index >= 15 is 0 Å². The summed E-state index contributed by atoms with van der Waals surface area (Å²) in [6.07, 6.45) is 0.895. The van der Waals surface area contributed by atoms with Gasteiger partial charge in [-0.15, -0.1) is 0 Å². The molecule has 1 aromatic rings.